The number of ether oxygens (including phenoxy) is 1. The first-order valence-electron chi connectivity index (χ1n) is 9.84. The summed E-state index contributed by atoms with van der Waals surface area (Å²) >= 11 is 0. The second kappa shape index (κ2) is 7.99. The fourth-order valence-corrected chi connectivity index (χ4v) is 3.33. The highest BCUT2D eigenvalue weighted by Gasteiger charge is 2.14. The lowest BCUT2D eigenvalue weighted by atomic mass is 10.1. The molecule has 4 rings (SSSR count). The minimum absolute atomic E-state index is 0.0864. The average molecular weight is 400 g/mol. The van der Waals surface area contributed by atoms with Gasteiger partial charge < -0.3 is 10.1 Å². The number of pyridine rings is 1. The molecule has 0 fully saturated rings. The van der Waals surface area contributed by atoms with E-state index in [0.29, 0.717) is 17.4 Å². The van der Waals surface area contributed by atoms with Gasteiger partial charge in [-0.15, -0.1) is 0 Å². The van der Waals surface area contributed by atoms with E-state index >= 15 is 0 Å². The molecule has 0 saturated carbocycles. The van der Waals surface area contributed by atoms with Crippen LogP contribution in [0.1, 0.15) is 22.4 Å². The Balaban J connectivity index is 1.55. The van der Waals surface area contributed by atoms with Crippen LogP contribution in [0.5, 0.6) is 5.75 Å². The van der Waals surface area contributed by atoms with Gasteiger partial charge in [0.1, 0.15) is 11.6 Å². The Morgan fingerprint density at radius 2 is 1.77 bits per heavy atom. The van der Waals surface area contributed by atoms with E-state index < -0.39 is 0 Å². The van der Waals surface area contributed by atoms with Crippen LogP contribution in [0.3, 0.4) is 0 Å². The maximum absolute atomic E-state index is 12.5. The van der Waals surface area contributed by atoms with E-state index in [1.807, 2.05) is 82.3 Å². The Morgan fingerprint density at radius 1 is 0.967 bits per heavy atom. The van der Waals surface area contributed by atoms with Crippen LogP contribution < -0.4 is 10.1 Å². The molecule has 1 N–H and O–H groups in total. The number of aryl methyl sites for hydroxylation is 4. The molecule has 6 nitrogen and oxygen atoms in total. The van der Waals surface area contributed by atoms with Crippen LogP contribution in [0.15, 0.2) is 54.6 Å². The predicted molar refractivity (Wildman–Crippen MR) is 118 cm³/mol. The first-order valence-corrected chi connectivity index (χ1v) is 9.84. The summed E-state index contributed by atoms with van der Waals surface area (Å²) in [6, 6.07) is 17.5. The first-order chi connectivity index (χ1) is 14.4. The van der Waals surface area contributed by atoms with E-state index in [9.17, 15) is 4.79 Å². The Kier molecular flexibility index (Phi) is 5.23. The number of hydrogen-bond acceptors (Lipinski definition) is 4. The van der Waals surface area contributed by atoms with Gasteiger partial charge in [0.2, 0.25) is 0 Å². The van der Waals surface area contributed by atoms with E-state index in [0.717, 1.165) is 27.7 Å². The van der Waals surface area contributed by atoms with E-state index in [1.54, 1.807) is 4.68 Å². The molecule has 0 atom stereocenters. The highest BCUT2D eigenvalue weighted by molar-refractivity contribution is 5.91. The largest absolute Gasteiger partial charge is 0.484 e. The topological polar surface area (TPSA) is 69.0 Å². The maximum atomic E-state index is 12.5. The molecule has 2 heterocycles. The van der Waals surface area contributed by atoms with Gasteiger partial charge in [0.15, 0.2) is 12.4 Å². The van der Waals surface area contributed by atoms with Gasteiger partial charge >= 0.3 is 0 Å². The fourth-order valence-electron chi connectivity index (χ4n) is 3.33. The molecular formula is C24H24N4O2. The molecule has 6 heteroatoms. The number of amides is 1. The van der Waals surface area contributed by atoms with Crippen LogP contribution in [-0.2, 0) is 4.79 Å². The molecule has 2 aromatic heterocycles. The van der Waals surface area contributed by atoms with Gasteiger partial charge in [0.05, 0.1) is 11.2 Å². The van der Waals surface area contributed by atoms with E-state index in [-0.39, 0.29) is 12.5 Å². The summed E-state index contributed by atoms with van der Waals surface area (Å²) in [5, 5.41) is 8.51. The van der Waals surface area contributed by atoms with Crippen molar-refractivity contribution in [2.45, 2.75) is 27.7 Å². The number of hydrogen-bond donors (Lipinski definition) is 1. The van der Waals surface area contributed by atoms with Crippen molar-refractivity contribution < 1.29 is 9.53 Å². The summed E-state index contributed by atoms with van der Waals surface area (Å²) in [6.07, 6.45) is 0. The summed E-state index contributed by atoms with van der Waals surface area (Å²) in [5.41, 5.74) is 5.08. The van der Waals surface area contributed by atoms with E-state index in [2.05, 4.69) is 10.4 Å². The standard InChI is InChI=1S/C24H24N4O2/c1-15-9-10-19(11-16(15)2)30-14-24(29)26-23-13-18(4)27-28(23)22-12-17(3)20-7-5-6-8-21(20)25-22/h5-13H,14H2,1-4H3,(H,26,29). The molecule has 0 aliphatic carbocycles. The van der Waals surface area contributed by atoms with Gasteiger partial charge in [0.25, 0.3) is 5.91 Å². The zero-order valence-corrected chi connectivity index (χ0v) is 17.6. The van der Waals surface area contributed by atoms with Crippen molar-refractivity contribution in [3.63, 3.8) is 0 Å². The van der Waals surface area contributed by atoms with Crippen molar-refractivity contribution in [3.8, 4) is 11.6 Å². The second-order valence-electron chi connectivity index (χ2n) is 7.48. The third kappa shape index (κ3) is 4.03. The van der Waals surface area contributed by atoms with E-state index in [1.165, 1.54) is 5.56 Å². The number of carbonyl (C=O) groups excluding carboxylic acids is 1. The molecule has 1 amide bonds. The van der Waals surface area contributed by atoms with Crippen LogP contribution >= 0.6 is 0 Å². The van der Waals surface area contributed by atoms with Crippen molar-refractivity contribution in [2.24, 2.45) is 0 Å². The summed E-state index contributed by atoms with van der Waals surface area (Å²) < 4.78 is 7.30. The highest BCUT2D eigenvalue weighted by Crippen LogP contribution is 2.22. The maximum Gasteiger partial charge on any atom is 0.263 e. The Hall–Kier alpha value is -3.67. The number of anilines is 1. The molecule has 0 aliphatic rings. The lowest BCUT2D eigenvalue weighted by Gasteiger charge is -2.11. The second-order valence-corrected chi connectivity index (χ2v) is 7.48. The molecule has 30 heavy (non-hydrogen) atoms. The van der Waals surface area contributed by atoms with Gasteiger partial charge in [0, 0.05) is 11.5 Å². The smallest absolute Gasteiger partial charge is 0.263 e. The molecule has 152 valence electrons. The number of carbonyl (C=O) groups is 1. The SMILES string of the molecule is Cc1cc(NC(=O)COc2ccc(C)c(C)c2)n(-c2cc(C)c3ccccc3n2)n1. The van der Waals surface area contributed by atoms with Crippen molar-refractivity contribution in [2.75, 3.05) is 11.9 Å². The quantitative estimate of drug-likeness (QED) is 0.528. The average Bonchev–Trinajstić information content (AvgIpc) is 3.09. The molecule has 0 radical (unpaired) electrons. The molecule has 0 saturated heterocycles. The number of para-hydroxylation sites is 1. The lowest BCUT2D eigenvalue weighted by molar-refractivity contribution is -0.118. The van der Waals surface area contributed by atoms with Crippen LogP contribution in [0.4, 0.5) is 5.82 Å². The van der Waals surface area contributed by atoms with Gasteiger partial charge in [-0.1, -0.05) is 24.3 Å². The summed E-state index contributed by atoms with van der Waals surface area (Å²) in [6.45, 7) is 7.89. The number of nitrogens with one attached hydrogen (secondary N) is 1. The van der Waals surface area contributed by atoms with E-state index in [4.69, 9.17) is 9.72 Å². The van der Waals surface area contributed by atoms with Crippen LogP contribution in [0.25, 0.3) is 16.7 Å². The van der Waals surface area contributed by atoms with Crippen LogP contribution in [-0.4, -0.2) is 27.3 Å². The molecule has 0 aliphatic heterocycles. The lowest BCUT2D eigenvalue weighted by Crippen LogP contribution is -2.22. The number of nitrogens with zero attached hydrogens (tertiary/aromatic N) is 3. The minimum atomic E-state index is -0.258. The van der Waals surface area contributed by atoms with Crippen LogP contribution in [0.2, 0.25) is 0 Å². The van der Waals surface area contributed by atoms with Gasteiger partial charge in [-0.2, -0.15) is 9.78 Å². The Morgan fingerprint density at radius 3 is 2.57 bits per heavy atom. The summed E-state index contributed by atoms with van der Waals surface area (Å²) in [7, 11) is 0. The van der Waals surface area contributed by atoms with Gasteiger partial charge in [-0.05, 0) is 68.7 Å². The fraction of sp³-hybridized carbons (Fsp3) is 0.208. The molecule has 4 aromatic rings. The zero-order valence-electron chi connectivity index (χ0n) is 17.6. The molecule has 2 aromatic carbocycles. The molecule has 0 bridgehead atoms. The zero-order chi connectivity index (χ0) is 21.3. The minimum Gasteiger partial charge on any atom is -0.484 e. The number of rotatable bonds is 5. The third-order valence-electron chi connectivity index (χ3n) is 5.07. The Labute approximate surface area is 175 Å². The third-order valence-corrected chi connectivity index (χ3v) is 5.07. The number of benzene rings is 2. The number of aromatic nitrogens is 3. The molecule has 0 spiro atoms. The molecular weight excluding hydrogens is 376 g/mol. The van der Waals surface area contributed by atoms with Crippen molar-refractivity contribution in [3.05, 3.63) is 77.0 Å². The summed E-state index contributed by atoms with van der Waals surface area (Å²) in [5.74, 6) is 1.63. The van der Waals surface area contributed by atoms with Crippen molar-refractivity contribution in [1.29, 1.82) is 0 Å². The normalized spacial score (nSPS) is 10.9. The van der Waals surface area contributed by atoms with Gasteiger partial charge in [-0.3, -0.25) is 4.79 Å². The monoisotopic (exact) mass is 400 g/mol. The first kappa shape index (κ1) is 19.6. The predicted octanol–water partition coefficient (Wildman–Crippen LogP) is 4.67. The number of fused-ring (bicyclic) bond motifs is 1. The van der Waals surface area contributed by atoms with Crippen molar-refractivity contribution >= 4 is 22.6 Å². The van der Waals surface area contributed by atoms with Gasteiger partial charge in [-0.25, -0.2) is 4.98 Å². The Bertz CT molecular complexity index is 1240. The van der Waals surface area contributed by atoms with Crippen LogP contribution in [0, 0.1) is 27.7 Å². The highest BCUT2D eigenvalue weighted by atomic mass is 16.5. The van der Waals surface area contributed by atoms with Crippen molar-refractivity contribution in [1.82, 2.24) is 14.8 Å². The molecule has 0 unspecified atom stereocenters. The summed E-state index contributed by atoms with van der Waals surface area (Å²) in [4.78, 5) is 17.2.